The van der Waals surface area contributed by atoms with Gasteiger partial charge in [-0.25, -0.2) is 0 Å². The molecule has 0 saturated carbocycles. The fraction of sp³-hybridized carbons (Fsp3) is 0.600. The molecule has 1 aromatic carbocycles. The van der Waals surface area contributed by atoms with Crippen molar-refractivity contribution in [2.24, 2.45) is 5.41 Å². The van der Waals surface area contributed by atoms with Crippen LogP contribution in [0.4, 0.5) is 0 Å². The third-order valence-corrected chi connectivity index (χ3v) is 3.20. The molecular weight excluding hydrogens is 194 g/mol. The van der Waals surface area contributed by atoms with Crippen LogP contribution in [0.15, 0.2) is 30.3 Å². The Kier molecular flexibility index (Phi) is 4.55. The largest absolute Gasteiger partial charge is 0.307 e. The van der Waals surface area contributed by atoms with E-state index in [4.69, 9.17) is 0 Å². The molecule has 0 unspecified atom stereocenters. The Morgan fingerprint density at radius 1 is 1.12 bits per heavy atom. The normalized spacial score (nSPS) is 15.8. The van der Waals surface area contributed by atoms with Crippen LogP contribution >= 0.6 is 0 Å². The van der Waals surface area contributed by atoms with Crippen LogP contribution < -0.4 is 5.32 Å². The molecule has 0 spiro atoms. The molecular formula is C15H25N. The molecule has 1 N–H and O–H groups in total. The molecule has 0 saturated heterocycles. The van der Waals surface area contributed by atoms with Crippen molar-refractivity contribution in [1.82, 2.24) is 5.32 Å². The summed E-state index contributed by atoms with van der Waals surface area (Å²) in [5.74, 6) is 0. The highest BCUT2D eigenvalue weighted by Gasteiger charge is 2.24. The zero-order valence-electron chi connectivity index (χ0n) is 11.2. The fourth-order valence-corrected chi connectivity index (χ4v) is 2.12. The number of rotatable bonds is 4. The lowest BCUT2D eigenvalue weighted by molar-refractivity contribution is 0.244. The maximum absolute atomic E-state index is 3.72. The van der Waals surface area contributed by atoms with E-state index < -0.39 is 0 Å². The number of benzene rings is 1. The number of hydrogen-bond acceptors (Lipinski definition) is 1. The molecule has 0 heterocycles. The van der Waals surface area contributed by atoms with E-state index in [1.165, 1.54) is 12.0 Å². The summed E-state index contributed by atoms with van der Waals surface area (Å²) in [4.78, 5) is 0. The van der Waals surface area contributed by atoms with Crippen molar-refractivity contribution < 1.29 is 0 Å². The molecule has 1 heteroatoms. The zero-order chi connectivity index (χ0) is 12.2. The molecule has 1 aromatic rings. The maximum atomic E-state index is 3.72. The van der Waals surface area contributed by atoms with Crippen molar-refractivity contribution in [3.8, 4) is 0 Å². The van der Waals surface area contributed by atoms with Gasteiger partial charge in [0.1, 0.15) is 0 Å². The monoisotopic (exact) mass is 219 g/mol. The van der Waals surface area contributed by atoms with E-state index in [1.54, 1.807) is 0 Å². The van der Waals surface area contributed by atoms with Crippen molar-refractivity contribution in [3.63, 3.8) is 0 Å². The second kappa shape index (κ2) is 5.49. The highest BCUT2D eigenvalue weighted by molar-refractivity contribution is 5.18. The van der Waals surface area contributed by atoms with Crippen LogP contribution in [-0.4, -0.2) is 6.04 Å². The van der Waals surface area contributed by atoms with Crippen LogP contribution in [0.3, 0.4) is 0 Å². The quantitative estimate of drug-likeness (QED) is 0.801. The van der Waals surface area contributed by atoms with Gasteiger partial charge in [-0.2, -0.15) is 0 Å². The lowest BCUT2D eigenvalue weighted by Gasteiger charge is -2.33. The van der Waals surface area contributed by atoms with Gasteiger partial charge in [0, 0.05) is 12.1 Å². The summed E-state index contributed by atoms with van der Waals surface area (Å²) in [6, 6.07) is 11.6. The van der Waals surface area contributed by atoms with Crippen LogP contribution in [0.1, 0.15) is 52.6 Å². The Hall–Kier alpha value is -0.820. The molecule has 0 aliphatic carbocycles. The van der Waals surface area contributed by atoms with Gasteiger partial charge >= 0.3 is 0 Å². The Morgan fingerprint density at radius 3 is 2.12 bits per heavy atom. The Bertz CT molecular complexity index is 297. The fourth-order valence-electron chi connectivity index (χ4n) is 2.12. The molecule has 0 bridgehead atoms. The summed E-state index contributed by atoms with van der Waals surface area (Å²) in [7, 11) is 0. The molecule has 1 rings (SSSR count). The average Bonchev–Trinajstić information content (AvgIpc) is 2.25. The topological polar surface area (TPSA) is 12.0 Å². The van der Waals surface area contributed by atoms with Crippen LogP contribution in [-0.2, 0) is 0 Å². The van der Waals surface area contributed by atoms with E-state index in [0.717, 1.165) is 0 Å². The first-order valence-corrected chi connectivity index (χ1v) is 6.26. The molecule has 1 nitrogen and oxygen atoms in total. The summed E-state index contributed by atoms with van der Waals surface area (Å²) < 4.78 is 0. The highest BCUT2D eigenvalue weighted by atomic mass is 15.0. The van der Waals surface area contributed by atoms with Gasteiger partial charge in [-0.1, -0.05) is 58.0 Å². The molecule has 90 valence electrons. The van der Waals surface area contributed by atoms with Crippen LogP contribution in [0.5, 0.6) is 0 Å². The van der Waals surface area contributed by atoms with E-state index in [0.29, 0.717) is 17.5 Å². The van der Waals surface area contributed by atoms with E-state index in [-0.39, 0.29) is 0 Å². The van der Waals surface area contributed by atoms with E-state index in [2.05, 4.69) is 70.3 Å². The summed E-state index contributed by atoms with van der Waals surface area (Å²) in [6.45, 7) is 11.4. The van der Waals surface area contributed by atoms with Gasteiger partial charge in [-0.15, -0.1) is 0 Å². The Labute approximate surface area is 100 Å². The minimum Gasteiger partial charge on any atom is -0.307 e. The van der Waals surface area contributed by atoms with Crippen molar-refractivity contribution in [1.29, 1.82) is 0 Å². The van der Waals surface area contributed by atoms with E-state index >= 15 is 0 Å². The third kappa shape index (κ3) is 3.64. The first kappa shape index (κ1) is 13.2. The zero-order valence-corrected chi connectivity index (χ0v) is 11.2. The smallest absolute Gasteiger partial charge is 0.0294 e. The lowest BCUT2D eigenvalue weighted by Crippen LogP contribution is -2.41. The van der Waals surface area contributed by atoms with Gasteiger partial charge in [0.25, 0.3) is 0 Å². The Morgan fingerprint density at radius 2 is 1.69 bits per heavy atom. The van der Waals surface area contributed by atoms with Crippen LogP contribution in [0, 0.1) is 5.41 Å². The summed E-state index contributed by atoms with van der Waals surface area (Å²) >= 11 is 0. The Balaban J connectivity index is 2.67. The van der Waals surface area contributed by atoms with Crippen molar-refractivity contribution in [3.05, 3.63) is 35.9 Å². The maximum Gasteiger partial charge on any atom is 0.0294 e. The van der Waals surface area contributed by atoms with Gasteiger partial charge in [0.2, 0.25) is 0 Å². The van der Waals surface area contributed by atoms with Gasteiger partial charge in [-0.3, -0.25) is 0 Å². The van der Waals surface area contributed by atoms with Crippen LogP contribution in [0.25, 0.3) is 0 Å². The standard InChI is InChI=1S/C15H25N/c1-6-14(15(3,4)5)16-12(2)13-10-8-7-9-11-13/h7-12,14,16H,6H2,1-5H3/t12-,14-/m1/s1. The number of hydrogen-bond donors (Lipinski definition) is 1. The average molecular weight is 219 g/mol. The molecule has 16 heavy (non-hydrogen) atoms. The van der Waals surface area contributed by atoms with Gasteiger partial charge in [0.15, 0.2) is 0 Å². The minimum absolute atomic E-state index is 0.317. The number of nitrogens with one attached hydrogen (secondary N) is 1. The van der Waals surface area contributed by atoms with Gasteiger partial charge in [0.05, 0.1) is 0 Å². The highest BCUT2D eigenvalue weighted by Crippen LogP contribution is 2.24. The van der Waals surface area contributed by atoms with Crippen molar-refractivity contribution in [2.45, 2.75) is 53.1 Å². The molecule has 0 aliphatic rings. The summed E-state index contributed by atoms with van der Waals surface area (Å²) in [5, 5.41) is 3.72. The minimum atomic E-state index is 0.317. The molecule has 0 fully saturated rings. The molecule has 0 aromatic heterocycles. The first-order chi connectivity index (χ1) is 7.45. The SMILES string of the molecule is CC[C@@H](N[C@H](C)c1ccccc1)C(C)(C)C. The van der Waals surface area contributed by atoms with Gasteiger partial charge < -0.3 is 5.32 Å². The van der Waals surface area contributed by atoms with Crippen LogP contribution in [0.2, 0.25) is 0 Å². The third-order valence-electron chi connectivity index (χ3n) is 3.20. The molecule has 0 amide bonds. The molecule has 0 aliphatic heterocycles. The van der Waals surface area contributed by atoms with Crippen molar-refractivity contribution in [2.75, 3.05) is 0 Å². The predicted molar refractivity (Wildman–Crippen MR) is 71.5 cm³/mol. The molecule has 2 atom stereocenters. The van der Waals surface area contributed by atoms with Gasteiger partial charge in [-0.05, 0) is 24.3 Å². The lowest BCUT2D eigenvalue weighted by atomic mass is 9.84. The second-order valence-electron chi connectivity index (χ2n) is 5.63. The summed E-state index contributed by atoms with van der Waals surface area (Å²) in [5.41, 5.74) is 1.68. The first-order valence-electron chi connectivity index (χ1n) is 6.26. The van der Waals surface area contributed by atoms with E-state index in [9.17, 15) is 0 Å². The predicted octanol–water partition coefficient (Wildman–Crippen LogP) is 4.16. The van der Waals surface area contributed by atoms with E-state index in [1.807, 2.05) is 0 Å². The molecule has 0 radical (unpaired) electrons. The summed E-state index contributed by atoms with van der Waals surface area (Å²) in [6.07, 6.45) is 1.17. The van der Waals surface area contributed by atoms with Crippen molar-refractivity contribution >= 4 is 0 Å². The second-order valence-corrected chi connectivity index (χ2v) is 5.63.